The maximum atomic E-state index is 13.1. The SMILES string of the molecule is CC(C)c1[nH]cc(C(=O)Nc2cccc(Cl)c2)c1C1C(=O)Nc2cc(Cl)ccc21. The van der Waals surface area contributed by atoms with Gasteiger partial charge < -0.3 is 15.6 Å². The molecule has 0 fully saturated rings. The van der Waals surface area contributed by atoms with Crippen LogP contribution >= 0.6 is 23.2 Å². The predicted molar refractivity (Wildman–Crippen MR) is 116 cm³/mol. The Kier molecular flexibility index (Phi) is 5.11. The van der Waals surface area contributed by atoms with Crippen molar-refractivity contribution in [2.75, 3.05) is 10.6 Å². The zero-order valence-electron chi connectivity index (χ0n) is 15.8. The number of rotatable bonds is 4. The molecular weight excluding hydrogens is 409 g/mol. The number of carbonyl (C=O) groups is 2. The number of hydrogen-bond donors (Lipinski definition) is 3. The fourth-order valence-electron chi connectivity index (χ4n) is 3.71. The lowest BCUT2D eigenvalue weighted by Gasteiger charge is -2.16. The van der Waals surface area contributed by atoms with Crippen LogP contribution in [-0.2, 0) is 4.79 Å². The highest BCUT2D eigenvalue weighted by Crippen LogP contribution is 2.42. The molecule has 0 saturated carbocycles. The number of hydrogen-bond acceptors (Lipinski definition) is 2. The quantitative estimate of drug-likeness (QED) is 0.493. The molecule has 7 heteroatoms. The van der Waals surface area contributed by atoms with Crippen molar-refractivity contribution in [3.63, 3.8) is 0 Å². The van der Waals surface area contributed by atoms with Gasteiger partial charge in [0, 0.05) is 38.9 Å². The summed E-state index contributed by atoms with van der Waals surface area (Å²) in [5.41, 5.74) is 4.02. The number of anilines is 2. The van der Waals surface area contributed by atoms with Gasteiger partial charge in [-0.05, 0) is 41.8 Å². The predicted octanol–water partition coefficient (Wildman–Crippen LogP) is 5.78. The van der Waals surface area contributed by atoms with Crippen molar-refractivity contribution in [3.05, 3.63) is 81.1 Å². The Labute approximate surface area is 178 Å². The molecule has 4 rings (SSSR count). The summed E-state index contributed by atoms with van der Waals surface area (Å²) in [5.74, 6) is -0.978. The average Bonchev–Trinajstić information content (AvgIpc) is 3.21. The molecule has 5 nitrogen and oxygen atoms in total. The van der Waals surface area contributed by atoms with Crippen molar-refractivity contribution in [2.24, 2.45) is 0 Å². The summed E-state index contributed by atoms with van der Waals surface area (Å²) in [6.45, 7) is 4.03. The second kappa shape index (κ2) is 7.58. The first kappa shape index (κ1) is 19.6. The van der Waals surface area contributed by atoms with Gasteiger partial charge in [0.25, 0.3) is 5.91 Å². The van der Waals surface area contributed by atoms with Gasteiger partial charge in [0.15, 0.2) is 0 Å². The lowest BCUT2D eigenvalue weighted by atomic mass is 9.87. The van der Waals surface area contributed by atoms with E-state index < -0.39 is 5.92 Å². The Bertz CT molecular complexity index is 1120. The maximum absolute atomic E-state index is 13.1. The van der Waals surface area contributed by atoms with Crippen molar-refractivity contribution >= 4 is 46.4 Å². The summed E-state index contributed by atoms with van der Waals surface area (Å²) >= 11 is 12.1. The van der Waals surface area contributed by atoms with Crippen molar-refractivity contribution in [2.45, 2.75) is 25.7 Å². The second-order valence-corrected chi connectivity index (χ2v) is 8.18. The second-order valence-electron chi connectivity index (χ2n) is 7.30. The summed E-state index contributed by atoms with van der Waals surface area (Å²) < 4.78 is 0. The molecule has 1 aliphatic heterocycles. The fraction of sp³-hybridized carbons (Fsp3) is 0.182. The van der Waals surface area contributed by atoms with Crippen LogP contribution in [-0.4, -0.2) is 16.8 Å². The molecule has 29 heavy (non-hydrogen) atoms. The van der Waals surface area contributed by atoms with Crippen molar-refractivity contribution in [1.82, 2.24) is 4.98 Å². The highest BCUT2D eigenvalue weighted by molar-refractivity contribution is 6.31. The minimum atomic E-state index is -0.592. The van der Waals surface area contributed by atoms with Gasteiger partial charge in [-0.3, -0.25) is 9.59 Å². The van der Waals surface area contributed by atoms with Gasteiger partial charge in [0.2, 0.25) is 5.91 Å². The molecular formula is C22H19Cl2N3O2. The number of nitrogens with one attached hydrogen (secondary N) is 3. The molecule has 0 bridgehead atoms. The van der Waals surface area contributed by atoms with Gasteiger partial charge in [-0.15, -0.1) is 0 Å². The Hall–Kier alpha value is -2.76. The van der Waals surface area contributed by atoms with Crippen molar-refractivity contribution in [3.8, 4) is 0 Å². The third kappa shape index (κ3) is 3.63. The first-order valence-electron chi connectivity index (χ1n) is 9.23. The van der Waals surface area contributed by atoms with Crippen molar-refractivity contribution < 1.29 is 9.59 Å². The summed E-state index contributed by atoms with van der Waals surface area (Å²) in [6, 6.07) is 12.2. The largest absolute Gasteiger partial charge is 0.364 e. The van der Waals surface area contributed by atoms with Crippen LogP contribution in [0.2, 0.25) is 10.0 Å². The number of aromatic nitrogens is 1. The molecule has 1 aromatic heterocycles. The minimum Gasteiger partial charge on any atom is -0.364 e. The third-order valence-corrected chi connectivity index (χ3v) is 5.46. The first-order chi connectivity index (χ1) is 13.8. The number of halogens is 2. The van der Waals surface area contributed by atoms with E-state index in [0.717, 1.165) is 11.3 Å². The number of aromatic amines is 1. The van der Waals surface area contributed by atoms with Crippen LogP contribution in [0.25, 0.3) is 0 Å². The summed E-state index contributed by atoms with van der Waals surface area (Å²) in [4.78, 5) is 29.2. The Morgan fingerprint density at radius 1 is 1.10 bits per heavy atom. The molecule has 0 radical (unpaired) electrons. The van der Waals surface area contributed by atoms with E-state index in [1.807, 2.05) is 19.9 Å². The molecule has 148 valence electrons. The molecule has 2 amide bonds. The van der Waals surface area contributed by atoms with E-state index in [1.54, 1.807) is 42.6 Å². The normalized spacial score (nSPS) is 15.3. The number of benzene rings is 2. The van der Waals surface area contributed by atoms with E-state index >= 15 is 0 Å². The summed E-state index contributed by atoms with van der Waals surface area (Å²) in [6.07, 6.45) is 1.66. The monoisotopic (exact) mass is 427 g/mol. The smallest absolute Gasteiger partial charge is 0.257 e. The van der Waals surface area contributed by atoms with E-state index in [4.69, 9.17) is 23.2 Å². The van der Waals surface area contributed by atoms with E-state index in [2.05, 4.69) is 15.6 Å². The van der Waals surface area contributed by atoms with Gasteiger partial charge in [0.05, 0.1) is 11.5 Å². The van der Waals surface area contributed by atoms with E-state index in [9.17, 15) is 9.59 Å². The van der Waals surface area contributed by atoms with Crippen LogP contribution in [0.3, 0.4) is 0 Å². The van der Waals surface area contributed by atoms with E-state index in [-0.39, 0.29) is 17.7 Å². The van der Waals surface area contributed by atoms with Gasteiger partial charge in [-0.2, -0.15) is 0 Å². The molecule has 0 spiro atoms. The molecule has 1 unspecified atom stereocenters. The van der Waals surface area contributed by atoms with Gasteiger partial charge in [-0.1, -0.05) is 49.2 Å². The molecule has 1 atom stereocenters. The Morgan fingerprint density at radius 2 is 1.86 bits per heavy atom. The topological polar surface area (TPSA) is 74.0 Å². The van der Waals surface area contributed by atoms with Gasteiger partial charge >= 0.3 is 0 Å². The Morgan fingerprint density at radius 3 is 2.59 bits per heavy atom. The van der Waals surface area contributed by atoms with E-state index in [1.165, 1.54) is 0 Å². The lowest BCUT2D eigenvalue weighted by molar-refractivity contribution is -0.116. The maximum Gasteiger partial charge on any atom is 0.257 e. The van der Waals surface area contributed by atoms with Crippen LogP contribution in [0.1, 0.15) is 52.9 Å². The zero-order chi connectivity index (χ0) is 20.7. The Balaban J connectivity index is 1.79. The van der Waals surface area contributed by atoms with Crippen LogP contribution in [0, 0.1) is 0 Å². The van der Waals surface area contributed by atoms with Crippen LogP contribution in [0.5, 0.6) is 0 Å². The molecule has 2 heterocycles. The highest BCUT2D eigenvalue weighted by Gasteiger charge is 2.37. The number of H-pyrrole nitrogens is 1. The summed E-state index contributed by atoms with van der Waals surface area (Å²) in [7, 11) is 0. The first-order valence-corrected chi connectivity index (χ1v) is 9.99. The van der Waals surface area contributed by atoms with Crippen molar-refractivity contribution in [1.29, 1.82) is 0 Å². The highest BCUT2D eigenvalue weighted by atomic mass is 35.5. The molecule has 2 aromatic carbocycles. The minimum absolute atomic E-state index is 0.0990. The third-order valence-electron chi connectivity index (χ3n) is 4.99. The molecule has 0 saturated heterocycles. The molecule has 3 N–H and O–H groups in total. The number of carbonyl (C=O) groups excluding carboxylic acids is 2. The van der Waals surface area contributed by atoms with Crippen LogP contribution < -0.4 is 10.6 Å². The fourth-order valence-corrected chi connectivity index (χ4v) is 4.08. The average molecular weight is 428 g/mol. The zero-order valence-corrected chi connectivity index (χ0v) is 17.4. The summed E-state index contributed by atoms with van der Waals surface area (Å²) in [5, 5.41) is 6.82. The van der Waals surface area contributed by atoms with Gasteiger partial charge in [0.1, 0.15) is 0 Å². The van der Waals surface area contributed by atoms with Crippen LogP contribution in [0.15, 0.2) is 48.7 Å². The lowest BCUT2D eigenvalue weighted by Crippen LogP contribution is -2.20. The standard InChI is InChI=1S/C22H19Cl2N3O2/c1-11(2)20-18(19-15-7-6-13(24)9-17(15)27-22(19)29)16(10-25-20)21(28)26-14-5-3-4-12(23)8-14/h3-11,19,25H,1-2H3,(H,26,28)(H,27,29). The molecule has 3 aromatic rings. The molecule has 1 aliphatic rings. The van der Waals surface area contributed by atoms with Crippen LogP contribution in [0.4, 0.5) is 11.4 Å². The number of fused-ring (bicyclic) bond motifs is 1. The molecule has 0 aliphatic carbocycles. The van der Waals surface area contributed by atoms with E-state index in [0.29, 0.717) is 32.5 Å². The van der Waals surface area contributed by atoms with Gasteiger partial charge in [-0.25, -0.2) is 0 Å². The number of amides is 2.